The second-order valence-corrected chi connectivity index (χ2v) is 3.59. The first-order valence-corrected chi connectivity index (χ1v) is 4.90. The SMILES string of the molecule is COc1c(F)cc(CC(C)=O)c(C)c1OC. The number of benzene rings is 1. The zero-order chi connectivity index (χ0) is 12.3. The van der Waals surface area contributed by atoms with E-state index in [0.29, 0.717) is 11.3 Å². The third-order valence-electron chi connectivity index (χ3n) is 2.39. The molecular formula is C12H15FO3. The van der Waals surface area contributed by atoms with Crippen molar-refractivity contribution in [3.63, 3.8) is 0 Å². The maximum absolute atomic E-state index is 13.6. The number of rotatable bonds is 4. The van der Waals surface area contributed by atoms with Crippen LogP contribution in [-0.2, 0) is 11.2 Å². The summed E-state index contributed by atoms with van der Waals surface area (Å²) in [6, 6.07) is 1.32. The van der Waals surface area contributed by atoms with Crippen LogP contribution in [-0.4, -0.2) is 20.0 Å². The highest BCUT2D eigenvalue weighted by Gasteiger charge is 2.17. The van der Waals surface area contributed by atoms with Crippen LogP contribution in [0.1, 0.15) is 18.1 Å². The van der Waals surface area contributed by atoms with Gasteiger partial charge in [-0.05, 0) is 31.0 Å². The van der Waals surface area contributed by atoms with E-state index in [9.17, 15) is 9.18 Å². The summed E-state index contributed by atoms with van der Waals surface area (Å²) in [6.45, 7) is 3.24. The third-order valence-corrected chi connectivity index (χ3v) is 2.39. The summed E-state index contributed by atoms with van der Waals surface area (Å²) >= 11 is 0. The van der Waals surface area contributed by atoms with Crippen LogP contribution in [0.2, 0.25) is 0 Å². The first-order chi connectivity index (χ1) is 7.51. The maximum atomic E-state index is 13.6. The summed E-state index contributed by atoms with van der Waals surface area (Å²) in [4.78, 5) is 11.0. The Morgan fingerprint density at radius 1 is 1.31 bits per heavy atom. The Morgan fingerprint density at radius 3 is 2.31 bits per heavy atom. The minimum atomic E-state index is -0.513. The molecule has 0 unspecified atom stereocenters. The van der Waals surface area contributed by atoms with Gasteiger partial charge in [0, 0.05) is 6.42 Å². The number of ether oxygens (including phenoxy) is 2. The molecule has 0 amide bonds. The zero-order valence-electron chi connectivity index (χ0n) is 9.89. The van der Waals surface area contributed by atoms with E-state index in [1.54, 1.807) is 6.92 Å². The molecule has 0 N–H and O–H groups in total. The van der Waals surface area contributed by atoms with Crippen molar-refractivity contribution in [3.8, 4) is 11.5 Å². The van der Waals surface area contributed by atoms with Gasteiger partial charge in [-0.1, -0.05) is 0 Å². The highest BCUT2D eigenvalue weighted by Crippen LogP contribution is 2.35. The van der Waals surface area contributed by atoms with Crippen LogP contribution >= 0.6 is 0 Å². The summed E-state index contributed by atoms with van der Waals surface area (Å²) in [7, 11) is 2.83. The number of carbonyl (C=O) groups excluding carboxylic acids is 1. The van der Waals surface area contributed by atoms with Crippen molar-refractivity contribution in [2.24, 2.45) is 0 Å². The van der Waals surface area contributed by atoms with Crippen LogP contribution in [0.3, 0.4) is 0 Å². The van der Waals surface area contributed by atoms with Gasteiger partial charge in [0.15, 0.2) is 17.3 Å². The van der Waals surface area contributed by atoms with Crippen LogP contribution in [0.25, 0.3) is 0 Å². The average Bonchev–Trinajstić information content (AvgIpc) is 2.21. The number of hydrogen-bond acceptors (Lipinski definition) is 3. The summed E-state index contributed by atoms with van der Waals surface area (Å²) in [5, 5.41) is 0. The van der Waals surface area contributed by atoms with Gasteiger partial charge in [-0.15, -0.1) is 0 Å². The Balaban J connectivity index is 3.33. The van der Waals surface area contributed by atoms with Crippen molar-refractivity contribution in [1.82, 2.24) is 0 Å². The molecule has 0 aliphatic carbocycles. The lowest BCUT2D eigenvalue weighted by Crippen LogP contribution is -2.04. The second-order valence-electron chi connectivity index (χ2n) is 3.59. The van der Waals surface area contributed by atoms with Gasteiger partial charge in [-0.3, -0.25) is 4.79 Å². The molecular weight excluding hydrogens is 211 g/mol. The van der Waals surface area contributed by atoms with Gasteiger partial charge < -0.3 is 9.47 Å². The Bertz CT molecular complexity index is 413. The number of halogens is 1. The van der Waals surface area contributed by atoms with E-state index in [2.05, 4.69) is 0 Å². The van der Waals surface area contributed by atoms with E-state index < -0.39 is 5.82 Å². The van der Waals surface area contributed by atoms with E-state index in [1.165, 1.54) is 27.2 Å². The maximum Gasteiger partial charge on any atom is 0.197 e. The summed E-state index contributed by atoms with van der Waals surface area (Å²) < 4.78 is 23.6. The molecule has 3 nitrogen and oxygen atoms in total. The van der Waals surface area contributed by atoms with Gasteiger partial charge in [0.05, 0.1) is 14.2 Å². The lowest BCUT2D eigenvalue weighted by atomic mass is 10.0. The quantitative estimate of drug-likeness (QED) is 0.790. The molecule has 1 aromatic carbocycles. The van der Waals surface area contributed by atoms with Crippen molar-refractivity contribution >= 4 is 5.78 Å². The van der Waals surface area contributed by atoms with Gasteiger partial charge >= 0.3 is 0 Å². The number of methoxy groups -OCH3 is 2. The summed E-state index contributed by atoms with van der Waals surface area (Å²) in [6.07, 6.45) is 0.198. The molecule has 0 fully saturated rings. The first-order valence-electron chi connectivity index (χ1n) is 4.90. The van der Waals surface area contributed by atoms with Gasteiger partial charge in [-0.25, -0.2) is 4.39 Å². The predicted octanol–water partition coefficient (Wildman–Crippen LogP) is 2.28. The fourth-order valence-corrected chi connectivity index (χ4v) is 1.64. The standard InChI is InChI=1S/C12H15FO3/c1-7(14)5-9-6-10(13)12(16-4)11(15-3)8(9)2/h6H,5H2,1-4H3. The lowest BCUT2D eigenvalue weighted by molar-refractivity contribution is -0.116. The van der Waals surface area contributed by atoms with E-state index in [-0.39, 0.29) is 18.0 Å². The molecule has 0 saturated carbocycles. The third kappa shape index (κ3) is 2.32. The largest absolute Gasteiger partial charge is 0.492 e. The van der Waals surface area contributed by atoms with Gasteiger partial charge in [0.2, 0.25) is 0 Å². The van der Waals surface area contributed by atoms with Crippen molar-refractivity contribution in [3.05, 3.63) is 23.0 Å². The fourth-order valence-electron chi connectivity index (χ4n) is 1.64. The number of hydrogen-bond donors (Lipinski definition) is 0. The monoisotopic (exact) mass is 226 g/mol. The number of ketones is 1. The molecule has 1 rings (SSSR count). The van der Waals surface area contributed by atoms with E-state index in [0.717, 1.165) is 5.56 Å². The van der Waals surface area contributed by atoms with Gasteiger partial charge in [0.25, 0.3) is 0 Å². The van der Waals surface area contributed by atoms with Gasteiger partial charge in [-0.2, -0.15) is 0 Å². The molecule has 0 radical (unpaired) electrons. The van der Waals surface area contributed by atoms with Gasteiger partial charge in [0.1, 0.15) is 5.78 Å². The predicted molar refractivity (Wildman–Crippen MR) is 58.6 cm³/mol. The van der Waals surface area contributed by atoms with Crippen molar-refractivity contribution in [2.75, 3.05) is 14.2 Å². The van der Waals surface area contributed by atoms with Crippen LogP contribution in [0, 0.1) is 12.7 Å². The highest BCUT2D eigenvalue weighted by molar-refractivity contribution is 5.79. The van der Waals surface area contributed by atoms with E-state index >= 15 is 0 Å². The van der Waals surface area contributed by atoms with E-state index in [1.807, 2.05) is 0 Å². The van der Waals surface area contributed by atoms with Crippen molar-refractivity contribution in [1.29, 1.82) is 0 Å². The Labute approximate surface area is 94.2 Å². The van der Waals surface area contributed by atoms with Crippen LogP contribution < -0.4 is 9.47 Å². The normalized spacial score (nSPS) is 10.1. The molecule has 4 heteroatoms. The second kappa shape index (κ2) is 4.96. The molecule has 0 aliphatic rings. The first kappa shape index (κ1) is 12.5. The van der Waals surface area contributed by atoms with Crippen LogP contribution in [0.5, 0.6) is 11.5 Å². The minimum absolute atomic E-state index is 0.0188. The molecule has 0 bridgehead atoms. The molecule has 0 atom stereocenters. The fraction of sp³-hybridized carbons (Fsp3) is 0.417. The Hall–Kier alpha value is -1.58. The smallest absolute Gasteiger partial charge is 0.197 e. The summed E-state index contributed by atoms with van der Waals surface area (Å²) in [5.74, 6) is -0.109. The van der Waals surface area contributed by atoms with Crippen LogP contribution in [0.15, 0.2) is 6.07 Å². The number of Topliss-reactive ketones (excluding diaryl/α,β-unsaturated/α-hetero) is 1. The molecule has 88 valence electrons. The molecule has 0 heterocycles. The average molecular weight is 226 g/mol. The lowest BCUT2D eigenvalue weighted by Gasteiger charge is -2.14. The Kier molecular flexibility index (Phi) is 3.88. The minimum Gasteiger partial charge on any atom is -0.492 e. The molecule has 16 heavy (non-hydrogen) atoms. The van der Waals surface area contributed by atoms with Crippen molar-refractivity contribution < 1.29 is 18.7 Å². The zero-order valence-corrected chi connectivity index (χ0v) is 9.89. The van der Waals surface area contributed by atoms with Crippen LogP contribution in [0.4, 0.5) is 4.39 Å². The molecule has 0 spiro atoms. The topological polar surface area (TPSA) is 35.5 Å². The summed E-state index contributed by atoms with van der Waals surface area (Å²) in [5.41, 5.74) is 1.36. The highest BCUT2D eigenvalue weighted by atomic mass is 19.1. The molecule has 0 saturated heterocycles. The molecule has 1 aromatic rings. The molecule has 0 aromatic heterocycles. The molecule has 0 aliphatic heterocycles. The van der Waals surface area contributed by atoms with Crippen molar-refractivity contribution in [2.45, 2.75) is 20.3 Å². The number of carbonyl (C=O) groups is 1. The Morgan fingerprint density at radius 2 is 1.88 bits per heavy atom. The van der Waals surface area contributed by atoms with E-state index in [4.69, 9.17) is 9.47 Å².